The van der Waals surface area contributed by atoms with Gasteiger partial charge in [-0.3, -0.25) is 9.59 Å². The molecule has 0 aromatic rings. The van der Waals surface area contributed by atoms with Crippen LogP contribution in [-0.4, -0.2) is 11.6 Å². The van der Waals surface area contributed by atoms with E-state index in [0.29, 0.717) is 37.2 Å². The molecule has 100 valence electrons. The Bertz CT molecular complexity index is 357. The highest BCUT2D eigenvalue weighted by Gasteiger charge is 2.10. The molecule has 1 rings (SSSR count). The molecule has 0 fully saturated rings. The lowest BCUT2D eigenvalue weighted by molar-refractivity contribution is -0.120. The number of Topliss-reactive ketones (excluding diaryl/α,β-unsaturated/α-hetero) is 2. The van der Waals surface area contributed by atoms with Gasteiger partial charge in [0, 0.05) is 25.7 Å². The van der Waals surface area contributed by atoms with Gasteiger partial charge in [-0.2, -0.15) is 0 Å². The summed E-state index contributed by atoms with van der Waals surface area (Å²) in [6.07, 6.45) is 10.1. The molecule has 0 radical (unpaired) electrons. The van der Waals surface area contributed by atoms with Gasteiger partial charge in [0.2, 0.25) is 0 Å². The minimum atomic E-state index is 0.309. The van der Waals surface area contributed by atoms with Crippen molar-refractivity contribution in [1.29, 1.82) is 0 Å². The van der Waals surface area contributed by atoms with E-state index in [1.807, 2.05) is 6.08 Å². The summed E-state index contributed by atoms with van der Waals surface area (Å²) in [5, 5.41) is 0. The molecule has 0 atom stereocenters. The molecule has 0 aliphatic heterocycles. The fourth-order valence-electron chi connectivity index (χ4n) is 2.16. The molecule has 0 saturated heterocycles. The molecule has 0 unspecified atom stereocenters. The number of hydrogen-bond acceptors (Lipinski definition) is 2. The van der Waals surface area contributed by atoms with Gasteiger partial charge in [0.05, 0.1) is 0 Å². The van der Waals surface area contributed by atoms with Crippen LogP contribution in [0, 0.1) is 0 Å². The summed E-state index contributed by atoms with van der Waals surface area (Å²) in [5.74, 6) is 0.636. The lowest BCUT2D eigenvalue weighted by atomic mass is 9.96. The maximum absolute atomic E-state index is 11.7. The molecule has 0 aromatic carbocycles. The van der Waals surface area contributed by atoms with Gasteiger partial charge >= 0.3 is 0 Å². The maximum Gasteiger partial charge on any atom is 0.136 e. The van der Waals surface area contributed by atoms with Crippen LogP contribution in [-0.2, 0) is 9.59 Å². The van der Waals surface area contributed by atoms with Crippen molar-refractivity contribution in [3.05, 3.63) is 23.3 Å². The highest BCUT2D eigenvalue weighted by Crippen LogP contribution is 2.17. The van der Waals surface area contributed by atoms with Crippen molar-refractivity contribution in [2.24, 2.45) is 0 Å². The summed E-state index contributed by atoms with van der Waals surface area (Å²) < 4.78 is 0. The van der Waals surface area contributed by atoms with Crippen LogP contribution in [0.1, 0.15) is 65.2 Å². The highest BCUT2D eigenvalue weighted by atomic mass is 16.1. The molecule has 0 heterocycles. The Hall–Kier alpha value is -1.18. The second-order valence-electron chi connectivity index (χ2n) is 5.35. The molecule has 0 N–H and O–H groups in total. The molecule has 0 aromatic heterocycles. The van der Waals surface area contributed by atoms with Crippen LogP contribution in [0.2, 0.25) is 0 Å². The highest BCUT2D eigenvalue weighted by molar-refractivity contribution is 5.83. The first-order valence-corrected chi connectivity index (χ1v) is 6.92. The average molecular weight is 248 g/mol. The molecular formula is C16H24O2. The van der Waals surface area contributed by atoms with Crippen molar-refractivity contribution in [1.82, 2.24) is 0 Å². The van der Waals surface area contributed by atoms with E-state index in [4.69, 9.17) is 0 Å². The van der Waals surface area contributed by atoms with Gasteiger partial charge in [-0.1, -0.05) is 23.3 Å². The molecule has 18 heavy (non-hydrogen) atoms. The van der Waals surface area contributed by atoms with E-state index >= 15 is 0 Å². The van der Waals surface area contributed by atoms with Crippen LogP contribution in [0.5, 0.6) is 0 Å². The third-order valence-corrected chi connectivity index (χ3v) is 3.22. The summed E-state index contributed by atoms with van der Waals surface area (Å²) in [6.45, 7) is 4.16. The third-order valence-electron chi connectivity index (χ3n) is 3.22. The number of rotatable bonds is 3. The van der Waals surface area contributed by atoms with Gasteiger partial charge in [-0.25, -0.2) is 0 Å². The Morgan fingerprint density at radius 3 is 2.50 bits per heavy atom. The Kier molecular flexibility index (Phi) is 6.63. The zero-order chi connectivity index (χ0) is 13.4. The summed E-state index contributed by atoms with van der Waals surface area (Å²) in [6, 6.07) is 0. The van der Waals surface area contributed by atoms with Crippen LogP contribution in [0.3, 0.4) is 0 Å². The first-order valence-electron chi connectivity index (χ1n) is 6.92. The maximum atomic E-state index is 11.7. The minimum Gasteiger partial charge on any atom is -0.299 e. The van der Waals surface area contributed by atoms with Gasteiger partial charge in [-0.05, 0) is 39.5 Å². The van der Waals surface area contributed by atoms with Gasteiger partial charge in [0.25, 0.3) is 0 Å². The van der Waals surface area contributed by atoms with Crippen LogP contribution in [0.4, 0.5) is 0 Å². The van der Waals surface area contributed by atoms with E-state index in [0.717, 1.165) is 31.3 Å². The number of ketones is 2. The molecule has 1 aliphatic carbocycles. The zero-order valence-corrected chi connectivity index (χ0v) is 11.6. The molecule has 1 aliphatic rings. The first-order chi connectivity index (χ1) is 8.58. The Morgan fingerprint density at radius 1 is 1.17 bits per heavy atom. The fourth-order valence-corrected chi connectivity index (χ4v) is 2.16. The molecule has 0 spiro atoms. The summed E-state index contributed by atoms with van der Waals surface area (Å²) in [5.41, 5.74) is 2.45. The predicted molar refractivity (Wildman–Crippen MR) is 74.5 cm³/mol. The normalized spacial score (nSPS) is 21.1. The molecular weight excluding hydrogens is 224 g/mol. The van der Waals surface area contributed by atoms with Gasteiger partial charge in [-0.15, -0.1) is 0 Å². The van der Waals surface area contributed by atoms with Crippen molar-refractivity contribution in [3.63, 3.8) is 0 Å². The van der Waals surface area contributed by atoms with Crippen LogP contribution >= 0.6 is 0 Å². The van der Waals surface area contributed by atoms with Crippen molar-refractivity contribution in [2.45, 2.75) is 65.2 Å². The van der Waals surface area contributed by atoms with Crippen LogP contribution < -0.4 is 0 Å². The van der Waals surface area contributed by atoms with Crippen molar-refractivity contribution >= 4 is 11.6 Å². The Labute approximate surface area is 110 Å². The first kappa shape index (κ1) is 14.9. The SMILES string of the molecule is CC(C)=CCC/C1=C/CC(=O)CCCCC(=O)C1. The van der Waals surface area contributed by atoms with E-state index in [9.17, 15) is 9.59 Å². The second-order valence-corrected chi connectivity index (χ2v) is 5.35. The molecule has 0 amide bonds. The summed E-state index contributed by atoms with van der Waals surface area (Å²) in [7, 11) is 0. The Balaban J connectivity index is 2.60. The Morgan fingerprint density at radius 2 is 1.83 bits per heavy atom. The molecule has 0 saturated carbocycles. The quantitative estimate of drug-likeness (QED) is 0.703. The standard InChI is InChI=1S/C16H24O2/c1-13(2)6-5-7-14-10-11-15(17)8-3-4-9-16(18)12-14/h6,10H,3-5,7-9,11-12H2,1-2H3/b14-10-. The van der Waals surface area contributed by atoms with Crippen molar-refractivity contribution in [3.8, 4) is 0 Å². The monoisotopic (exact) mass is 248 g/mol. The van der Waals surface area contributed by atoms with Gasteiger partial charge < -0.3 is 0 Å². The molecule has 2 heteroatoms. The third kappa shape index (κ3) is 6.53. The van der Waals surface area contributed by atoms with Crippen LogP contribution in [0.15, 0.2) is 23.3 Å². The smallest absolute Gasteiger partial charge is 0.136 e. The van der Waals surface area contributed by atoms with Crippen molar-refractivity contribution < 1.29 is 9.59 Å². The second kappa shape index (κ2) is 8.02. The topological polar surface area (TPSA) is 34.1 Å². The number of hydrogen-bond donors (Lipinski definition) is 0. The minimum absolute atomic E-state index is 0.309. The predicted octanol–water partition coefficient (Wildman–Crippen LogP) is 4.15. The van der Waals surface area contributed by atoms with Gasteiger partial charge in [0.1, 0.15) is 11.6 Å². The average Bonchev–Trinajstić information content (AvgIpc) is 2.30. The van der Waals surface area contributed by atoms with Crippen LogP contribution in [0.25, 0.3) is 0 Å². The number of carbonyl (C=O) groups excluding carboxylic acids is 2. The van der Waals surface area contributed by atoms with E-state index in [1.54, 1.807) is 0 Å². The fraction of sp³-hybridized carbons (Fsp3) is 0.625. The lowest BCUT2D eigenvalue weighted by Crippen LogP contribution is -2.05. The van der Waals surface area contributed by atoms with E-state index in [-0.39, 0.29) is 0 Å². The van der Waals surface area contributed by atoms with E-state index in [2.05, 4.69) is 19.9 Å². The summed E-state index contributed by atoms with van der Waals surface area (Å²) in [4.78, 5) is 23.3. The zero-order valence-electron chi connectivity index (χ0n) is 11.6. The van der Waals surface area contributed by atoms with E-state index in [1.165, 1.54) is 5.57 Å². The lowest BCUT2D eigenvalue weighted by Gasteiger charge is -2.09. The number of carbonyl (C=O) groups is 2. The number of allylic oxidation sites excluding steroid dienone is 4. The van der Waals surface area contributed by atoms with Gasteiger partial charge in [0.15, 0.2) is 0 Å². The summed E-state index contributed by atoms with van der Waals surface area (Å²) >= 11 is 0. The molecule has 2 nitrogen and oxygen atoms in total. The molecule has 0 bridgehead atoms. The van der Waals surface area contributed by atoms with Crippen molar-refractivity contribution in [2.75, 3.05) is 0 Å². The largest absolute Gasteiger partial charge is 0.299 e. The van der Waals surface area contributed by atoms with E-state index < -0.39 is 0 Å².